The van der Waals surface area contributed by atoms with E-state index in [9.17, 15) is 4.79 Å². The van der Waals surface area contributed by atoms with Crippen LogP contribution in [0.3, 0.4) is 0 Å². The Bertz CT molecular complexity index is 318. The summed E-state index contributed by atoms with van der Waals surface area (Å²) in [6.07, 6.45) is 7.39. The van der Waals surface area contributed by atoms with Crippen molar-refractivity contribution in [2.75, 3.05) is 39.3 Å². The first-order chi connectivity index (χ1) is 9.34. The number of likely N-dealkylation sites (tertiary alicyclic amines) is 2. The van der Waals surface area contributed by atoms with Gasteiger partial charge in [-0.3, -0.25) is 9.69 Å². The highest BCUT2D eigenvalue weighted by Gasteiger charge is 2.32. The fraction of sp³-hybridized carbons (Fsp3) is 0.933. The Morgan fingerprint density at radius 1 is 0.952 bits per heavy atom. The average molecular weight is 338 g/mol. The van der Waals surface area contributed by atoms with Gasteiger partial charge in [-0.25, -0.2) is 0 Å². The smallest absolute Gasteiger partial charge is 0.227 e. The number of nitrogens with zero attached hydrogens (tertiary/aromatic N) is 2. The van der Waals surface area contributed by atoms with Crippen LogP contribution in [0.25, 0.3) is 0 Å². The molecular weight excluding hydrogens is 309 g/mol. The van der Waals surface area contributed by atoms with Gasteiger partial charge in [0, 0.05) is 25.7 Å². The zero-order chi connectivity index (χ0) is 13.1. The van der Waals surface area contributed by atoms with Crippen LogP contribution in [-0.2, 0) is 4.79 Å². The van der Waals surface area contributed by atoms with Crippen molar-refractivity contribution < 1.29 is 4.79 Å². The first-order valence-electron chi connectivity index (χ1n) is 8.08. The fourth-order valence-electron chi connectivity index (χ4n) is 3.88. The molecule has 21 heavy (non-hydrogen) atoms. The summed E-state index contributed by atoms with van der Waals surface area (Å²) in [5.41, 5.74) is 0. The molecule has 1 N–H and O–H groups in total. The Balaban J connectivity index is 0.00000110. The quantitative estimate of drug-likeness (QED) is 0.836. The highest BCUT2D eigenvalue weighted by Crippen LogP contribution is 2.22. The molecule has 0 saturated carbocycles. The van der Waals surface area contributed by atoms with Crippen molar-refractivity contribution in [1.29, 1.82) is 0 Å². The molecule has 3 rings (SSSR count). The predicted octanol–water partition coefficient (Wildman–Crippen LogP) is 1.92. The molecule has 3 saturated heterocycles. The van der Waals surface area contributed by atoms with E-state index in [-0.39, 0.29) is 30.7 Å². The van der Waals surface area contributed by atoms with Crippen LogP contribution < -0.4 is 5.32 Å². The SMILES string of the molecule is Cl.Cl.O=C(C1CCCNC1)N1CCCC(N2CCCC2)C1. The number of hydrogen-bond donors (Lipinski definition) is 1. The van der Waals surface area contributed by atoms with E-state index in [4.69, 9.17) is 0 Å². The van der Waals surface area contributed by atoms with Crippen molar-refractivity contribution in [2.24, 2.45) is 5.92 Å². The van der Waals surface area contributed by atoms with Gasteiger partial charge in [0.15, 0.2) is 0 Å². The van der Waals surface area contributed by atoms with Gasteiger partial charge in [-0.2, -0.15) is 0 Å². The molecule has 1 amide bonds. The molecule has 2 unspecified atom stereocenters. The normalized spacial score (nSPS) is 30.4. The maximum Gasteiger partial charge on any atom is 0.227 e. The van der Waals surface area contributed by atoms with Gasteiger partial charge < -0.3 is 10.2 Å². The maximum absolute atomic E-state index is 12.6. The Hall–Kier alpha value is -0.0300. The molecule has 3 aliphatic rings. The summed E-state index contributed by atoms with van der Waals surface area (Å²) in [6.45, 7) is 6.44. The molecular formula is C15H29Cl2N3O. The zero-order valence-electron chi connectivity index (χ0n) is 12.8. The second-order valence-electron chi connectivity index (χ2n) is 6.37. The zero-order valence-corrected chi connectivity index (χ0v) is 14.4. The largest absolute Gasteiger partial charge is 0.341 e. The number of carbonyl (C=O) groups excluding carboxylic acids is 1. The van der Waals surface area contributed by atoms with E-state index < -0.39 is 0 Å². The first-order valence-corrected chi connectivity index (χ1v) is 8.08. The van der Waals surface area contributed by atoms with Gasteiger partial charge in [-0.15, -0.1) is 24.8 Å². The minimum absolute atomic E-state index is 0. The van der Waals surface area contributed by atoms with E-state index in [1.165, 1.54) is 38.8 Å². The minimum Gasteiger partial charge on any atom is -0.341 e. The van der Waals surface area contributed by atoms with E-state index in [0.29, 0.717) is 11.9 Å². The molecule has 0 aromatic heterocycles. The predicted molar refractivity (Wildman–Crippen MR) is 90.5 cm³/mol. The van der Waals surface area contributed by atoms with E-state index in [1.807, 2.05) is 0 Å². The number of nitrogens with one attached hydrogen (secondary N) is 1. The molecule has 2 atom stereocenters. The third kappa shape index (κ3) is 4.72. The molecule has 0 radical (unpaired) electrons. The molecule has 3 heterocycles. The van der Waals surface area contributed by atoms with Gasteiger partial charge in [0.05, 0.1) is 5.92 Å². The number of piperidine rings is 2. The van der Waals surface area contributed by atoms with Crippen molar-refractivity contribution in [3.8, 4) is 0 Å². The highest BCUT2D eigenvalue weighted by atomic mass is 35.5. The van der Waals surface area contributed by atoms with Crippen LogP contribution in [0.1, 0.15) is 38.5 Å². The molecule has 4 nitrogen and oxygen atoms in total. The van der Waals surface area contributed by atoms with Gasteiger partial charge in [0.1, 0.15) is 0 Å². The summed E-state index contributed by atoms with van der Waals surface area (Å²) in [5, 5.41) is 3.36. The highest BCUT2D eigenvalue weighted by molar-refractivity contribution is 5.85. The van der Waals surface area contributed by atoms with Crippen LogP contribution in [0.4, 0.5) is 0 Å². The van der Waals surface area contributed by atoms with Gasteiger partial charge in [0.25, 0.3) is 0 Å². The van der Waals surface area contributed by atoms with Crippen LogP contribution in [-0.4, -0.2) is 61.0 Å². The third-order valence-corrected chi connectivity index (χ3v) is 5.01. The molecule has 124 valence electrons. The fourth-order valence-corrected chi connectivity index (χ4v) is 3.88. The first kappa shape index (κ1) is 19.0. The summed E-state index contributed by atoms with van der Waals surface area (Å²) >= 11 is 0. The Labute approximate surface area is 140 Å². The summed E-state index contributed by atoms with van der Waals surface area (Å²) in [4.78, 5) is 17.3. The number of amides is 1. The third-order valence-electron chi connectivity index (χ3n) is 5.01. The lowest BCUT2D eigenvalue weighted by Crippen LogP contribution is -2.52. The van der Waals surface area contributed by atoms with Crippen LogP contribution in [0.5, 0.6) is 0 Å². The number of rotatable bonds is 2. The lowest BCUT2D eigenvalue weighted by atomic mass is 9.96. The number of hydrogen-bond acceptors (Lipinski definition) is 3. The summed E-state index contributed by atoms with van der Waals surface area (Å²) in [5.74, 6) is 0.655. The standard InChI is InChI=1S/C15H27N3O.2ClH/c19-15(13-5-3-7-16-11-13)18-10-4-6-14(12-18)17-8-1-2-9-17;;/h13-14,16H,1-12H2;2*1H. The van der Waals surface area contributed by atoms with Crippen molar-refractivity contribution in [3.05, 3.63) is 0 Å². The monoisotopic (exact) mass is 337 g/mol. The van der Waals surface area contributed by atoms with E-state index in [0.717, 1.165) is 39.0 Å². The molecule has 3 aliphatic heterocycles. The molecule has 0 aliphatic carbocycles. The second-order valence-corrected chi connectivity index (χ2v) is 6.37. The summed E-state index contributed by atoms with van der Waals surface area (Å²) in [7, 11) is 0. The Morgan fingerprint density at radius 2 is 1.71 bits per heavy atom. The lowest BCUT2D eigenvalue weighted by Gasteiger charge is -2.39. The second kappa shape index (κ2) is 9.19. The number of carbonyl (C=O) groups is 1. The van der Waals surface area contributed by atoms with Gasteiger partial charge in [-0.1, -0.05) is 0 Å². The van der Waals surface area contributed by atoms with Crippen molar-refractivity contribution >= 4 is 30.7 Å². The molecule has 0 spiro atoms. The van der Waals surface area contributed by atoms with Crippen LogP contribution in [0.2, 0.25) is 0 Å². The summed E-state index contributed by atoms with van der Waals surface area (Å²) < 4.78 is 0. The Kier molecular flexibility index (Phi) is 8.32. The van der Waals surface area contributed by atoms with Crippen molar-refractivity contribution in [3.63, 3.8) is 0 Å². The van der Waals surface area contributed by atoms with Crippen LogP contribution in [0, 0.1) is 5.92 Å². The minimum atomic E-state index is 0. The van der Waals surface area contributed by atoms with E-state index >= 15 is 0 Å². The van der Waals surface area contributed by atoms with Gasteiger partial charge in [-0.05, 0) is 58.2 Å². The van der Waals surface area contributed by atoms with Crippen molar-refractivity contribution in [2.45, 2.75) is 44.6 Å². The lowest BCUT2D eigenvalue weighted by molar-refractivity contribution is -0.138. The summed E-state index contributed by atoms with van der Waals surface area (Å²) in [6, 6.07) is 0.636. The van der Waals surface area contributed by atoms with Crippen LogP contribution >= 0.6 is 24.8 Å². The molecule has 6 heteroatoms. The molecule has 3 fully saturated rings. The van der Waals surface area contributed by atoms with E-state index in [1.54, 1.807) is 0 Å². The van der Waals surface area contributed by atoms with Crippen LogP contribution in [0.15, 0.2) is 0 Å². The van der Waals surface area contributed by atoms with Gasteiger partial charge in [0.2, 0.25) is 5.91 Å². The van der Waals surface area contributed by atoms with E-state index in [2.05, 4.69) is 15.1 Å². The maximum atomic E-state index is 12.6. The van der Waals surface area contributed by atoms with Crippen molar-refractivity contribution in [1.82, 2.24) is 15.1 Å². The molecule has 0 bridgehead atoms. The molecule has 0 aromatic rings. The number of halogens is 2. The average Bonchev–Trinajstić information content (AvgIpc) is 3.02. The Morgan fingerprint density at radius 3 is 2.38 bits per heavy atom. The molecule has 0 aromatic carbocycles. The van der Waals surface area contributed by atoms with Gasteiger partial charge >= 0.3 is 0 Å². The topological polar surface area (TPSA) is 35.6 Å².